The number of benzene rings is 2. The molecule has 4 rings (SSSR count). The molecular weight excluding hydrogens is 348 g/mol. The van der Waals surface area contributed by atoms with Crippen molar-refractivity contribution in [3.8, 4) is 34.0 Å². The summed E-state index contributed by atoms with van der Waals surface area (Å²) < 4.78 is 16.4. The monoisotopic (exact) mass is 364 g/mol. The lowest BCUT2D eigenvalue weighted by molar-refractivity contribution is 0.185. The Morgan fingerprint density at radius 3 is 2.04 bits per heavy atom. The lowest BCUT2D eigenvalue weighted by Gasteiger charge is -2.08. The molecular formula is C20H16N2O5. The molecule has 0 aliphatic rings. The topological polar surface area (TPSA) is 86.7 Å². The molecule has 0 atom stereocenters. The van der Waals surface area contributed by atoms with Crippen LogP contribution in [0.4, 0.5) is 0 Å². The first kappa shape index (κ1) is 16.7. The molecule has 0 saturated heterocycles. The zero-order valence-corrected chi connectivity index (χ0v) is 14.7. The normalized spacial score (nSPS) is 10.9. The van der Waals surface area contributed by atoms with Gasteiger partial charge in [0.2, 0.25) is 0 Å². The smallest absolute Gasteiger partial charge is 0.276 e. The Bertz CT molecular complexity index is 1160. The van der Waals surface area contributed by atoms with Crippen molar-refractivity contribution in [2.45, 2.75) is 0 Å². The Morgan fingerprint density at radius 2 is 1.48 bits per heavy atom. The third-order valence-corrected chi connectivity index (χ3v) is 4.36. The molecule has 0 unspecified atom stereocenters. The largest absolute Gasteiger partial charge is 0.497 e. The van der Waals surface area contributed by atoms with E-state index in [1.165, 1.54) is 6.07 Å². The Morgan fingerprint density at radius 1 is 0.926 bits per heavy atom. The maximum absolute atomic E-state index is 12.8. The second-order valence-corrected chi connectivity index (χ2v) is 5.87. The highest BCUT2D eigenvalue weighted by Crippen LogP contribution is 2.29. The molecule has 0 fully saturated rings. The number of ether oxygens (including phenoxy) is 2. The maximum atomic E-state index is 12.8. The van der Waals surface area contributed by atoms with E-state index in [1.54, 1.807) is 62.8 Å². The van der Waals surface area contributed by atoms with Crippen molar-refractivity contribution >= 4 is 11.1 Å². The van der Waals surface area contributed by atoms with Crippen LogP contribution in [0.3, 0.4) is 0 Å². The van der Waals surface area contributed by atoms with E-state index in [1.807, 2.05) is 0 Å². The van der Waals surface area contributed by atoms with Gasteiger partial charge in [-0.3, -0.25) is 4.79 Å². The molecule has 7 heteroatoms. The number of pyridine rings is 1. The minimum atomic E-state index is -0.298. The minimum absolute atomic E-state index is 0.0147. The van der Waals surface area contributed by atoms with Crippen molar-refractivity contribution in [2.75, 3.05) is 14.2 Å². The summed E-state index contributed by atoms with van der Waals surface area (Å²) in [5.74, 6) is 1.36. The van der Waals surface area contributed by atoms with Crippen molar-refractivity contribution < 1.29 is 19.2 Å². The molecule has 0 aliphatic heterocycles. The average Bonchev–Trinajstić information content (AvgIpc) is 3.17. The van der Waals surface area contributed by atoms with E-state index < -0.39 is 0 Å². The van der Waals surface area contributed by atoms with Crippen LogP contribution in [0.5, 0.6) is 11.5 Å². The van der Waals surface area contributed by atoms with Crippen molar-refractivity contribution in [3.63, 3.8) is 0 Å². The Balaban J connectivity index is 1.87. The van der Waals surface area contributed by atoms with Gasteiger partial charge in [-0.2, -0.15) is 0 Å². The van der Waals surface area contributed by atoms with Crippen LogP contribution in [0.25, 0.3) is 33.6 Å². The van der Waals surface area contributed by atoms with E-state index in [9.17, 15) is 10.0 Å². The number of hydrogen-bond donors (Lipinski definition) is 1. The van der Waals surface area contributed by atoms with Gasteiger partial charge < -0.3 is 19.2 Å². The molecule has 0 spiro atoms. The molecule has 7 nitrogen and oxygen atoms in total. The zero-order chi connectivity index (χ0) is 19.0. The van der Waals surface area contributed by atoms with Crippen LogP contribution in [0, 0.1) is 0 Å². The highest BCUT2D eigenvalue weighted by Gasteiger charge is 2.20. The summed E-state index contributed by atoms with van der Waals surface area (Å²) in [6.45, 7) is 0. The van der Waals surface area contributed by atoms with Crippen molar-refractivity contribution in [1.82, 2.24) is 9.89 Å². The van der Waals surface area contributed by atoms with Gasteiger partial charge in [0.25, 0.3) is 5.71 Å². The molecule has 0 aliphatic carbocycles. The standard InChI is InChI=1S/C20H16N2O5/c1-25-14-7-3-12(4-8-14)16-11-17(23)18-19(21-27-20(18)22(16)24)13-5-9-15(26-2)10-6-13/h3-11,24H,1-2H3. The van der Waals surface area contributed by atoms with Crippen LogP contribution < -0.4 is 14.9 Å². The summed E-state index contributed by atoms with van der Waals surface area (Å²) in [5, 5.41) is 14.8. The predicted molar refractivity (Wildman–Crippen MR) is 99.4 cm³/mol. The predicted octanol–water partition coefficient (Wildman–Crippen LogP) is 3.58. The number of aromatic nitrogens is 2. The lowest BCUT2D eigenvalue weighted by Crippen LogP contribution is -2.09. The van der Waals surface area contributed by atoms with Crippen LogP contribution in [-0.2, 0) is 0 Å². The molecule has 0 saturated carbocycles. The maximum Gasteiger partial charge on any atom is 0.276 e. The molecule has 1 N–H and O–H groups in total. The van der Waals surface area contributed by atoms with Crippen LogP contribution in [0.15, 0.2) is 63.9 Å². The third kappa shape index (κ3) is 2.79. The number of fused-ring (bicyclic) bond motifs is 1. The zero-order valence-electron chi connectivity index (χ0n) is 14.7. The van der Waals surface area contributed by atoms with Gasteiger partial charge in [-0.25, -0.2) is 0 Å². The van der Waals surface area contributed by atoms with Gasteiger partial charge in [0.15, 0.2) is 5.43 Å². The van der Waals surface area contributed by atoms with Gasteiger partial charge >= 0.3 is 0 Å². The lowest BCUT2D eigenvalue weighted by atomic mass is 10.1. The van der Waals surface area contributed by atoms with E-state index in [-0.39, 0.29) is 16.5 Å². The van der Waals surface area contributed by atoms with E-state index in [0.717, 1.165) is 4.73 Å². The first-order valence-electron chi connectivity index (χ1n) is 8.16. The summed E-state index contributed by atoms with van der Waals surface area (Å²) in [5.41, 5.74) is 1.67. The Labute approximate surface area is 153 Å². The van der Waals surface area contributed by atoms with Crippen LogP contribution in [0.2, 0.25) is 0 Å². The van der Waals surface area contributed by atoms with E-state index >= 15 is 0 Å². The first-order chi connectivity index (χ1) is 13.1. The second-order valence-electron chi connectivity index (χ2n) is 5.87. The van der Waals surface area contributed by atoms with Crippen molar-refractivity contribution in [1.29, 1.82) is 0 Å². The van der Waals surface area contributed by atoms with E-state index in [2.05, 4.69) is 5.16 Å². The van der Waals surface area contributed by atoms with Crippen molar-refractivity contribution in [2.24, 2.45) is 0 Å². The summed E-state index contributed by atoms with van der Waals surface area (Å²) >= 11 is 0. The van der Waals surface area contributed by atoms with E-state index in [4.69, 9.17) is 14.0 Å². The molecule has 136 valence electrons. The molecule has 2 aromatic heterocycles. The number of rotatable bonds is 4. The van der Waals surface area contributed by atoms with Crippen molar-refractivity contribution in [3.05, 3.63) is 64.8 Å². The first-order valence-corrected chi connectivity index (χ1v) is 8.16. The number of hydrogen-bond acceptors (Lipinski definition) is 6. The van der Waals surface area contributed by atoms with Gasteiger partial charge in [-0.15, -0.1) is 4.73 Å². The molecule has 0 radical (unpaired) electrons. The Kier molecular flexibility index (Phi) is 4.04. The number of nitrogens with zero attached hydrogens (tertiary/aromatic N) is 2. The summed E-state index contributed by atoms with van der Waals surface area (Å²) in [6, 6.07) is 15.4. The molecule has 0 amide bonds. The van der Waals surface area contributed by atoms with Gasteiger partial charge in [-0.05, 0) is 48.5 Å². The number of methoxy groups -OCH3 is 2. The van der Waals surface area contributed by atoms with Crippen LogP contribution >= 0.6 is 0 Å². The summed E-state index contributed by atoms with van der Waals surface area (Å²) in [4.78, 5) is 12.8. The van der Waals surface area contributed by atoms with E-state index in [0.29, 0.717) is 34.0 Å². The van der Waals surface area contributed by atoms with Gasteiger partial charge in [0, 0.05) is 17.2 Å². The van der Waals surface area contributed by atoms with Gasteiger partial charge in [-0.1, -0.05) is 5.16 Å². The van der Waals surface area contributed by atoms with Gasteiger partial charge in [0.05, 0.1) is 19.9 Å². The molecule has 27 heavy (non-hydrogen) atoms. The highest BCUT2D eigenvalue weighted by atomic mass is 16.5. The fourth-order valence-corrected chi connectivity index (χ4v) is 2.93. The van der Waals surface area contributed by atoms with Crippen LogP contribution in [0.1, 0.15) is 0 Å². The minimum Gasteiger partial charge on any atom is -0.497 e. The fourth-order valence-electron chi connectivity index (χ4n) is 2.93. The molecule has 2 heterocycles. The van der Waals surface area contributed by atoms with Crippen LogP contribution in [-0.4, -0.2) is 29.3 Å². The Hall–Kier alpha value is -3.74. The molecule has 4 aromatic rings. The van der Waals surface area contributed by atoms with Gasteiger partial charge in [0.1, 0.15) is 22.6 Å². The molecule has 0 bridgehead atoms. The highest BCUT2D eigenvalue weighted by molar-refractivity contribution is 5.91. The SMILES string of the molecule is COc1ccc(-c2noc3c2c(=O)cc(-c2ccc(OC)cc2)n3O)cc1. The quantitative estimate of drug-likeness (QED) is 0.557. The fraction of sp³-hybridized carbons (Fsp3) is 0.100. The third-order valence-electron chi connectivity index (χ3n) is 4.36. The summed E-state index contributed by atoms with van der Waals surface area (Å²) in [6.07, 6.45) is 0. The second kappa shape index (κ2) is 6.53. The average molecular weight is 364 g/mol. The summed E-state index contributed by atoms with van der Waals surface area (Å²) in [7, 11) is 3.14. The molecule has 2 aromatic carbocycles.